The summed E-state index contributed by atoms with van der Waals surface area (Å²) in [6.45, 7) is 0.698. The molecule has 2 aromatic carbocycles. The number of benzene rings is 2. The van der Waals surface area contributed by atoms with Crippen molar-refractivity contribution in [3.8, 4) is 28.7 Å². The topological polar surface area (TPSA) is 234 Å². The van der Waals surface area contributed by atoms with Crippen LogP contribution in [-0.2, 0) is 14.2 Å². The van der Waals surface area contributed by atoms with E-state index in [1.165, 1.54) is 32.2 Å². The second kappa shape index (κ2) is 12.4. The third kappa shape index (κ3) is 6.08. The number of phenols is 2. The van der Waals surface area contributed by atoms with E-state index in [4.69, 9.17) is 28.4 Å². The third-order valence-electron chi connectivity index (χ3n) is 7.67. The number of carbonyl (C=O) groups excluding carboxylic acids is 1. The largest absolute Gasteiger partial charge is 0.508 e. The molecule has 0 amide bonds. The Hall–Kier alpha value is -3.25. The fraction of sp³-hybridized carbons (Fsp3) is 0.536. The zero-order chi connectivity index (χ0) is 31.2. The molecule has 3 aliphatic heterocycles. The standard InChI is InChI=1S/C28H34O15/c1-10-21(33)23(35)25(37)27(39-10)43-26-24(36)22(34)19(9-29)42-28(26)40-14-6-15(31)20-16(32)8-17(41-18(20)7-14)11-3-12(30)5-13(4-11)38-2/h3-7,10,17,19,21-31,33-37H,8-9H2,1-2H3/t10-,17-,19+,21-,22+,23+,24-,25-,26-,27-,28+/m0/s1. The highest BCUT2D eigenvalue weighted by atomic mass is 16.8. The molecule has 43 heavy (non-hydrogen) atoms. The molecule has 0 aliphatic carbocycles. The highest BCUT2D eigenvalue weighted by Gasteiger charge is 2.51. The number of Topliss-reactive ketones (excluding diaryl/α,β-unsaturated/α-hetero) is 1. The summed E-state index contributed by atoms with van der Waals surface area (Å²) in [7, 11) is 1.41. The van der Waals surface area contributed by atoms with Gasteiger partial charge in [0.05, 0.1) is 26.2 Å². The molecule has 15 nitrogen and oxygen atoms in total. The smallest absolute Gasteiger partial charge is 0.229 e. The second-order valence-electron chi connectivity index (χ2n) is 10.6. The lowest BCUT2D eigenvalue weighted by atomic mass is 9.95. The van der Waals surface area contributed by atoms with E-state index in [0.29, 0.717) is 11.3 Å². The Labute approximate surface area is 245 Å². The van der Waals surface area contributed by atoms with Gasteiger partial charge in [0.15, 0.2) is 18.2 Å². The fourth-order valence-electron chi connectivity index (χ4n) is 5.29. The average molecular weight is 611 g/mol. The van der Waals surface area contributed by atoms with Crippen LogP contribution in [0.1, 0.15) is 35.4 Å². The maximum atomic E-state index is 13.0. The Morgan fingerprint density at radius 3 is 2.30 bits per heavy atom. The lowest BCUT2D eigenvalue weighted by Gasteiger charge is -2.45. The number of aromatic hydroxyl groups is 2. The Balaban J connectivity index is 1.42. The van der Waals surface area contributed by atoms with Gasteiger partial charge in [-0.25, -0.2) is 0 Å². The van der Waals surface area contributed by atoms with Crippen LogP contribution in [0.4, 0.5) is 0 Å². The molecule has 11 atom stereocenters. The first-order valence-corrected chi connectivity index (χ1v) is 13.5. The lowest BCUT2D eigenvalue weighted by Crippen LogP contribution is -2.64. The van der Waals surface area contributed by atoms with Gasteiger partial charge < -0.3 is 69.3 Å². The molecule has 2 fully saturated rings. The van der Waals surface area contributed by atoms with Gasteiger partial charge >= 0.3 is 0 Å². The first-order chi connectivity index (χ1) is 20.4. The van der Waals surface area contributed by atoms with E-state index < -0.39 is 85.7 Å². The molecular formula is C28H34O15. The van der Waals surface area contributed by atoms with E-state index >= 15 is 0 Å². The predicted molar refractivity (Wildman–Crippen MR) is 141 cm³/mol. The normalized spacial score (nSPS) is 36.0. The average Bonchev–Trinajstić information content (AvgIpc) is 2.97. The van der Waals surface area contributed by atoms with Crippen LogP contribution in [0, 0.1) is 0 Å². The predicted octanol–water partition coefficient (Wildman–Crippen LogP) is -1.16. The quantitative estimate of drug-likeness (QED) is 0.185. The van der Waals surface area contributed by atoms with Crippen molar-refractivity contribution in [1.29, 1.82) is 0 Å². The number of fused-ring (bicyclic) bond motifs is 1. The minimum atomic E-state index is -1.76. The summed E-state index contributed by atoms with van der Waals surface area (Å²) in [6, 6.07) is 6.75. The van der Waals surface area contributed by atoms with Gasteiger partial charge in [-0.05, 0) is 19.1 Å². The van der Waals surface area contributed by atoms with Crippen LogP contribution in [0.3, 0.4) is 0 Å². The number of phenolic OH excluding ortho intramolecular Hbond substituents is 2. The summed E-state index contributed by atoms with van der Waals surface area (Å²) < 4.78 is 33.8. The minimum Gasteiger partial charge on any atom is -0.508 e. The van der Waals surface area contributed by atoms with Crippen LogP contribution >= 0.6 is 0 Å². The second-order valence-corrected chi connectivity index (χ2v) is 10.6. The Kier molecular flexibility index (Phi) is 8.99. The molecule has 2 aromatic rings. The van der Waals surface area contributed by atoms with Crippen molar-refractivity contribution in [3.63, 3.8) is 0 Å². The van der Waals surface area contributed by atoms with E-state index in [-0.39, 0.29) is 29.2 Å². The molecule has 0 radical (unpaired) electrons. The van der Waals surface area contributed by atoms with E-state index in [1.807, 2.05) is 0 Å². The highest BCUT2D eigenvalue weighted by molar-refractivity contribution is 6.02. The van der Waals surface area contributed by atoms with Crippen molar-refractivity contribution in [3.05, 3.63) is 41.5 Å². The van der Waals surface area contributed by atoms with Gasteiger partial charge in [-0.1, -0.05) is 0 Å². The van der Waals surface area contributed by atoms with Gasteiger partial charge in [0, 0.05) is 23.8 Å². The third-order valence-corrected chi connectivity index (χ3v) is 7.67. The van der Waals surface area contributed by atoms with Crippen LogP contribution in [0.15, 0.2) is 30.3 Å². The lowest BCUT2D eigenvalue weighted by molar-refractivity contribution is -0.354. The molecule has 3 aliphatic rings. The first-order valence-electron chi connectivity index (χ1n) is 13.5. The molecule has 0 unspecified atom stereocenters. The summed E-state index contributed by atoms with van der Waals surface area (Å²) in [6.07, 6.45) is -16.4. The van der Waals surface area contributed by atoms with Crippen molar-refractivity contribution in [2.75, 3.05) is 13.7 Å². The maximum Gasteiger partial charge on any atom is 0.229 e. The zero-order valence-corrected chi connectivity index (χ0v) is 23.1. The summed E-state index contributed by atoms with van der Waals surface area (Å²) in [5.74, 6) is -0.924. The van der Waals surface area contributed by atoms with Crippen LogP contribution in [-0.4, -0.2) is 122 Å². The number of methoxy groups -OCH3 is 1. The number of ketones is 1. The number of ether oxygens (including phenoxy) is 6. The molecule has 3 heterocycles. The molecule has 8 N–H and O–H groups in total. The molecular weight excluding hydrogens is 576 g/mol. The van der Waals surface area contributed by atoms with Crippen LogP contribution in [0.5, 0.6) is 28.7 Å². The molecule has 2 saturated heterocycles. The van der Waals surface area contributed by atoms with Crippen molar-refractivity contribution < 1.29 is 74.1 Å². The van der Waals surface area contributed by atoms with E-state index in [9.17, 15) is 45.6 Å². The van der Waals surface area contributed by atoms with Crippen LogP contribution < -0.4 is 14.2 Å². The summed E-state index contributed by atoms with van der Waals surface area (Å²) in [4.78, 5) is 13.0. The van der Waals surface area contributed by atoms with Crippen LogP contribution in [0.25, 0.3) is 0 Å². The molecule has 0 aromatic heterocycles. The van der Waals surface area contributed by atoms with Crippen LogP contribution in [0.2, 0.25) is 0 Å². The van der Waals surface area contributed by atoms with Gasteiger partial charge in [-0.2, -0.15) is 0 Å². The number of hydrogen-bond acceptors (Lipinski definition) is 15. The van der Waals surface area contributed by atoms with Gasteiger partial charge in [0.2, 0.25) is 6.29 Å². The van der Waals surface area contributed by atoms with E-state index in [2.05, 4.69) is 0 Å². The number of hydrogen-bond donors (Lipinski definition) is 8. The molecule has 15 heteroatoms. The fourth-order valence-corrected chi connectivity index (χ4v) is 5.29. The summed E-state index contributed by atoms with van der Waals surface area (Å²) in [5.41, 5.74) is 0.318. The molecule has 0 saturated carbocycles. The number of aliphatic hydroxyl groups is 6. The van der Waals surface area contributed by atoms with Crippen molar-refractivity contribution >= 4 is 5.78 Å². The summed E-state index contributed by atoms with van der Waals surface area (Å²) >= 11 is 0. The van der Waals surface area contributed by atoms with Crippen molar-refractivity contribution in [1.82, 2.24) is 0 Å². The molecule has 0 bridgehead atoms. The number of carbonyl (C=O) groups is 1. The minimum absolute atomic E-state index is 0.0666. The van der Waals surface area contributed by atoms with Gasteiger partial charge in [0.1, 0.15) is 77.0 Å². The monoisotopic (exact) mass is 610 g/mol. The molecule has 5 rings (SSSR count). The van der Waals surface area contributed by atoms with Gasteiger partial charge in [-0.3, -0.25) is 4.79 Å². The Bertz CT molecular complexity index is 1320. The molecule has 236 valence electrons. The van der Waals surface area contributed by atoms with E-state index in [1.54, 1.807) is 6.07 Å². The number of aliphatic hydroxyl groups excluding tert-OH is 6. The highest BCUT2D eigenvalue weighted by Crippen LogP contribution is 2.43. The molecule has 0 spiro atoms. The first kappa shape index (κ1) is 31.2. The van der Waals surface area contributed by atoms with Gasteiger partial charge in [0.25, 0.3) is 0 Å². The zero-order valence-electron chi connectivity index (χ0n) is 23.1. The Morgan fingerprint density at radius 2 is 1.60 bits per heavy atom. The summed E-state index contributed by atoms with van der Waals surface area (Å²) in [5, 5.41) is 82.4. The number of rotatable bonds is 7. The van der Waals surface area contributed by atoms with E-state index in [0.717, 1.165) is 6.07 Å². The Morgan fingerprint density at radius 1 is 0.860 bits per heavy atom. The maximum absolute atomic E-state index is 13.0. The van der Waals surface area contributed by atoms with Crippen molar-refractivity contribution in [2.24, 2.45) is 0 Å². The van der Waals surface area contributed by atoms with Gasteiger partial charge in [-0.15, -0.1) is 0 Å². The van der Waals surface area contributed by atoms with Crippen molar-refractivity contribution in [2.45, 2.75) is 80.9 Å². The SMILES string of the molecule is COc1cc(O)cc([C@@H]2CC(=O)c3c(O)cc(O[C@@H]4O[C@H](CO)[C@@H](O)[C@H](O)[C@@H]4O[C@@H]4O[C@@H](C)[C@H](O)[C@@H](O)[C@@H]4O)cc3O2)c1.